The lowest BCUT2D eigenvalue weighted by Gasteiger charge is -2.11. The fourth-order valence-electron chi connectivity index (χ4n) is 1.89. The molecule has 0 bridgehead atoms. The summed E-state index contributed by atoms with van der Waals surface area (Å²) in [5.41, 5.74) is 1.07. The molecule has 0 unspecified atom stereocenters. The molecule has 0 aliphatic heterocycles. The third-order valence-electron chi connectivity index (χ3n) is 3.24. The molecule has 0 saturated carbocycles. The second kappa shape index (κ2) is 8.42. The third-order valence-corrected chi connectivity index (χ3v) is 4.31. The van der Waals surface area contributed by atoms with Crippen molar-refractivity contribution in [1.29, 1.82) is 0 Å². The number of nitrogens with zero attached hydrogens (tertiary/aromatic N) is 5. The summed E-state index contributed by atoms with van der Waals surface area (Å²) in [5, 5.41) is 15.8. The predicted octanol–water partition coefficient (Wildman–Crippen LogP) is 1.68. The first kappa shape index (κ1) is 18.8. The third kappa shape index (κ3) is 4.63. The molecule has 2 aromatic heterocycles. The number of nitrogens with one attached hydrogen (secondary N) is 2. The van der Waals surface area contributed by atoms with Gasteiger partial charge in [0, 0.05) is 19.0 Å². The summed E-state index contributed by atoms with van der Waals surface area (Å²) >= 11 is 1.70. The van der Waals surface area contributed by atoms with Crippen LogP contribution in [0.25, 0.3) is 0 Å². The van der Waals surface area contributed by atoms with Crippen LogP contribution in [0.2, 0.25) is 0 Å². The van der Waals surface area contributed by atoms with E-state index in [4.69, 9.17) is 0 Å². The summed E-state index contributed by atoms with van der Waals surface area (Å²) in [6.45, 7) is 7.27. The number of hydrogen-bond acceptors (Lipinski definition) is 5. The minimum atomic E-state index is 0. The number of hydrogen-bond donors (Lipinski definition) is 2. The lowest BCUT2D eigenvalue weighted by Crippen LogP contribution is -2.36. The molecule has 22 heavy (non-hydrogen) atoms. The second-order valence-electron chi connectivity index (χ2n) is 4.74. The molecule has 0 aliphatic carbocycles. The molecule has 122 valence electrons. The van der Waals surface area contributed by atoms with E-state index >= 15 is 0 Å². The minimum Gasteiger partial charge on any atom is -0.351 e. The molecule has 9 heteroatoms. The van der Waals surface area contributed by atoms with Crippen molar-refractivity contribution in [3.8, 4) is 0 Å². The van der Waals surface area contributed by atoms with Crippen molar-refractivity contribution in [3.63, 3.8) is 0 Å². The lowest BCUT2D eigenvalue weighted by molar-refractivity contribution is 0.718. The summed E-state index contributed by atoms with van der Waals surface area (Å²) in [6, 6.07) is 0. The Balaban J connectivity index is 0.00000242. The molecule has 2 aromatic rings. The highest BCUT2D eigenvalue weighted by molar-refractivity contribution is 14.0. The molecule has 0 amide bonds. The molecule has 0 aliphatic rings. The van der Waals surface area contributed by atoms with Crippen LogP contribution in [0.1, 0.15) is 27.2 Å². The molecule has 0 saturated heterocycles. The van der Waals surface area contributed by atoms with Gasteiger partial charge in [-0.2, -0.15) is 0 Å². The molecule has 0 aromatic carbocycles. The highest BCUT2D eigenvalue weighted by Gasteiger charge is 2.08. The SMILES string of the molecule is CN=C(NCc1sc(C)nc1C)NCc1nnc(C)n1C.I. The molecule has 0 atom stereocenters. The molecule has 2 N–H and O–H groups in total. The van der Waals surface area contributed by atoms with E-state index in [0.29, 0.717) is 6.54 Å². The van der Waals surface area contributed by atoms with E-state index < -0.39 is 0 Å². The van der Waals surface area contributed by atoms with E-state index in [-0.39, 0.29) is 24.0 Å². The summed E-state index contributed by atoms with van der Waals surface area (Å²) in [6.07, 6.45) is 0. The van der Waals surface area contributed by atoms with Crippen molar-refractivity contribution in [3.05, 3.63) is 27.2 Å². The fraction of sp³-hybridized carbons (Fsp3) is 0.538. The quantitative estimate of drug-likeness (QED) is 0.434. The van der Waals surface area contributed by atoms with Crippen LogP contribution >= 0.6 is 35.3 Å². The Morgan fingerprint density at radius 1 is 1.18 bits per heavy atom. The predicted molar refractivity (Wildman–Crippen MR) is 99.8 cm³/mol. The Kier molecular flexibility index (Phi) is 7.20. The minimum absolute atomic E-state index is 0. The van der Waals surface area contributed by atoms with Gasteiger partial charge < -0.3 is 15.2 Å². The first-order valence-electron chi connectivity index (χ1n) is 6.73. The average Bonchev–Trinajstić information content (AvgIpc) is 2.94. The number of aryl methyl sites for hydroxylation is 3. The first-order chi connectivity index (χ1) is 10.0. The van der Waals surface area contributed by atoms with E-state index in [1.54, 1.807) is 18.4 Å². The Labute approximate surface area is 151 Å². The van der Waals surface area contributed by atoms with Gasteiger partial charge in [-0.3, -0.25) is 4.99 Å². The van der Waals surface area contributed by atoms with Gasteiger partial charge >= 0.3 is 0 Å². The lowest BCUT2D eigenvalue weighted by atomic mass is 10.4. The van der Waals surface area contributed by atoms with Crippen LogP contribution in [-0.4, -0.2) is 32.8 Å². The van der Waals surface area contributed by atoms with Gasteiger partial charge in [-0.05, 0) is 20.8 Å². The van der Waals surface area contributed by atoms with Crippen LogP contribution in [0.3, 0.4) is 0 Å². The van der Waals surface area contributed by atoms with Gasteiger partial charge in [0.2, 0.25) is 0 Å². The smallest absolute Gasteiger partial charge is 0.191 e. The van der Waals surface area contributed by atoms with Crippen molar-refractivity contribution in [1.82, 2.24) is 30.4 Å². The molecule has 0 spiro atoms. The van der Waals surface area contributed by atoms with E-state index in [2.05, 4.69) is 30.8 Å². The summed E-state index contributed by atoms with van der Waals surface area (Å²) in [4.78, 5) is 9.86. The molecule has 0 fully saturated rings. The zero-order chi connectivity index (χ0) is 15.4. The van der Waals surface area contributed by atoms with Crippen molar-refractivity contribution in [2.75, 3.05) is 7.05 Å². The second-order valence-corrected chi connectivity index (χ2v) is 6.03. The number of halogens is 1. The van der Waals surface area contributed by atoms with Gasteiger partial charge in [-0.1, -0.05) is 0 Å². The van der Waals surface area contributed by atoms with E-state index in [0.717, 1.165) is 34.9 Å². The fourth-order valence-corrected chi connectivity index (χ4v) is 2.77. The molecule has 2 rings (SSSR count). The summed E-state index contributed by atoms with van der Waals surface area (Å²) in [5.74, 6) is 2.51. The van der Waals surface area contributed by atoms with Gasteiger partial charge in [0.1, 0.15) is 5.82 Å². The topological polar surface area (TPSA) is 80.0 Å². The summed E-state index contributed by atoms with van der Waals surface area (Å²) in [7, 11) is 3.70. The van der Waals surface area contributed by atoms with Crippen LogP contribution in [0.4, 0.5) is 0 Å². The Morgan fingerprint density at radius 2 is 1.86 bits per heavy atom. The van der Waals surface area contributed by atoms with Crippen molar-refractivity contribution in [2.45, 2.75) is 33.9 Å². The Morgan fingerprint density at radius 3 is 2.36 bits per heavy atom. The highest BCUT2D eigenvalue weighted by Crippen LogP contribution is 2.16. The number of rotatable bonds is 4. The summed E-state index contributed by atoms with van der Waals surface area (Å²) < 4.78 is 1.96. The zero-order valence-corrected chi connectivity index (χ0v) is 16.6. The van der Waals surface area contributed by atoms with Crippen LogP contribution < -0.4 is 10.6 Å². The largest absolute Gasteiger partial charge is 0.351 e. The number of guanidine groups is 1. The molecular formula is C13H22IN7S. The molecule has 0 radical (unpaired) electrons. The van der Waals surface area contributed by atoms with E-state index in [9.17, 15) is 0 Å². The highest BCUT2D eigenvalue weighted by atomic mass is 127. The number of aliphatic imine (C=N–C) groups is 1. The number of aromatic nitrogens is 4. The first-order valence-corrected chi connectivity index (χ1v) is 7.55. The van der Waals surface area contributed by atoms with Crippen molar-refractivity contribution >= 4 is 41.3 Å². The Hall–Kier alpha value is -1.23. The molecule has 7 nitrogen and oxygen atoms in total. The van der Waals surface area contributed by atoms with E-state index in [1.165, 1.54) is 4.88 Å². The van der Waals surface area contributed by atoms with Crippen LogP contribution in [0, 0.1) is 20.8 Å². The van der Waals surface area contributed by atoms with E-state index in [1.807, 2.05) is 32.4 Å². The van der Waals surface area contributed by atoms with Crippen molar-refractivity contribution < 1.29 is 0 Å². The van der Waals surface area contributed by atoms with Crippen LogP contribution in [0.15, 0.2) is 4.99 Å². The van der Waals surface area contributed by atoms with Gasteiger partial charge in [-0.15, -0.1) is 45.5 Å². The Bertz CT molecular complexity index is 639. The van der Waals surface area contributed by atoms with Gasteiger partial charge in [0.15, 0.2) is 11.8 Å². The van der Waals surface area contributed by atoms with Gasteiger partial charge in [0.05, 0.1) is 23.8 Å². The van der Waals surface area contributed by atoms with Gasteiger partial charge in [0.25, 0.3) is 0 Å². The normalized spacial score (nSPS) is 11.2. The molecular weight excluding hydrogens is 413 g/mol. The van der Waals surface area contributed by atoms with Gasteiger partial charge in [-0.25, -0.2) is 4.98 Å². The maximum atomic E-state index is 4.42. The number of thiazole rings is 1. The van der Waals surface area contributed by atoms with Crippen molar-refractivity contribution in [2.24, 2.45) is 12.0 Å². The van der Waals surface area contributed by atoms with Crippen LogP contribution in [0.5, 0.6) is 0 Å². The monoisotopic (exact) mass is 435 g/mol. The maximum absolute atomic E-state index is 4.42. The standard InChI is InChI=1S/C13H21N7S.HI/c1-8-11(21-10(3)17-8)6-15-13(14-4)16-7-12-19-18-9(2)20(12)5;/h6-7H2,1-5H3,(H2,14,15,16);1H. The maximum Gasteiger partial charge on any atom is 0.191 e. The average molecular weight is 435 g/mol. The zero-order valence-electron chi connectivity index (χ0n) is 13.5. The van der Waals surface area contributed by atoms with Crippen LogP contribution in [-0.2, 0) is 20.1 Å². The molecule has 2 heterocycles.